The molecule has 2 heterocycles. The summed E-state index contributed by atoms with van der Waals surface area (Å²) < 4.78 is 6.58. The van der Waals surface area contributed by atoms with Crippen LogP contribution in [0, 0.1) is 6.92 Å². The molecule has 0 bridgehead atoms. The summed E-state index contributed by atoms with van der Waals surface area (Å²) in [6.45, 7) is 3.82. The quantitative estimate of drug-likeness (QED) is 0.689. The molecule has 0 saturated carbocycles. The van der Waals surface area contributed by atoms with Gasteiger partial charge in [-0.05, 0) is 13.8 Å². The lowest BCUT2D eigenvalue weighted by atomic mass is 10.2. The first-order valence-electron chi connectivity index (χ1n) is 6.66. The number of carbonyl (C=O) groups is 1. The van der Waals surface area contributed by atoms with Crippen LogP contribution < -0.4 is 0 Å². The maximum absolute atomic E-state index is 11.8. The first-order chi connectivity index (χ1) is 10.2. The summed E-state index contributed by atoms with van der Waals surface area (Å²) in [6, 6.07) is 11.6. The first kappa shape index (κ1) is 13.2. The minimum atomic E-state index is -0.485. The van der Waals surface area contributed by atoms with Gasteiger partial charge in [0.25, 0.3) is 0 Å². The predicted molar refractivity (Wildman–Crippen MR) is 76.9 cm³/mol. The van der Waals surface area contributed by atoms with Crippen molar-refractivity contribution in [2.45, 2.75) is 13.8 Å². The summed E-state index contributed by atoms with van der Waals surface area (Å²) in [5, 5.41) is 12.5. The van der Waals surface area contributed by atoms with Gasteiger partial charge in [-0.15, -0.1) is 10.2 Å². The predicted octanol–water partition coefficient (Wildman–Crippen LogP) is 2.28. The molecule has 6 heteroatoms. The van der Waals surface area contributed by atoms with E-state index < -0.39 is 5.97 Å². The summed E-state index contributed by atoms with van der Waals surface area (Å²) >= 11 is 0. The Morgan fingerprint density at radius 2 is 2.00 bits per heavy atom. The lowest BCUT2D eigenvalue weighted by Crippen LogP contribution is -2.14. The third-order valence-corrected chi connectivity index (χ3v) is 3.14. The fourth-order valence-electron chi connectivity index (χ4n) is 2.10. The molecule has 6 nitrogen and oxygen atoms in total. The number of esters is 1. The normalized spacial score (nSPS) is 10.8. The molecule has 0 atom stereocenters. The van der Waals surface area contributed by atoms with Crippen LogP contribution in [0.25, 0.3) is 16.9 Å². The molecule has 0 fully saturated rings. The highest BCUT2D eigenvalue weighted by molar-refractivity contribution is 5.88. The number of nitrogens with zero attached hydrogens (tertiary/aromatic N) is 4. The topological polar surface area (TPSA) is 69.4 Å². The van der Waals surface area contributed by atoms with Crippen LogP contribution >= 0.6 is 0 Å². The van der Waals surface area contributed by atoms with Crippen LogP contribution in [0.15, 0.2) is 36.4 Å². The van der Waals surface area contributed by atoms with Crippen LogP contribution in [0.4, 0.5) is 0 Å². The Morgan fingerprint density at radius 3 is 2.71 bits per heavy atom. The first-order valence-corrected chi connectivity index (χ1v) is 6.66. The molecule has 0 radical (unpaired) electrons. The second kappa shape index (κ2) is 5.32. The van der Waals surface area contributed by atoms with Crippen LogP contribution in [0.3, 0.4) is 0 Å². The molecule has 0 amide bonds. The van der Waals surface area contributed by atoms with Gasteiger partial charge in [0.05, 0.1) is 18.0 Å². The van der Waals surface area contributed by atoms with Crippen LogP contribution in [0.1, 0.15) is 23.1 Å². The monoisotopic (exact) mass is 282 g/mol. The van der Waals surface area contributed by atoms with Crippen molar-refractivity contribution < 1.29 is 9.53 Å². The maximum atomic E-state index is 11.8. The van der Waals surface area contributed by atoms with Gasteiger partial charge in [0.1, 0.15) is 0 Å². The number of hydrogen-bond acceptors (Lipinski definition) is 5. The Labute approximate surface area is 121 Å². The molecular weight excluding hydrogens is 268 g/mol. The lowest BCUT2D eigenvalue weighted by molar-refractivity contribution is 0.0516. The van der Waals surface area contributed by atoms with Gasteiger partial charge in [0.2, 0.25) is 0 Å². The van der Waals surface area contributed by atoms with Gasteiger partial charge in [0.15, 0.2) is 11.3 Å². The third-order valence-electron chi connectivity index (χ3n) is 3.14. The van der Waals surface area contributed by atoms with E-state index in [1.54, 1.807) is 18.4 Å². The molecule has 2 aromatic heterocycles. The van der Waals surface area contributed by atoms with Gasteiger partial charge in [-0.3, -0.25) is 0 Å². The van der Waals surface area contributed by atoms with E-state index in [0.29, 0.717) is 17.9 Å². The highest BCUT2D eigenvalue weighted by atomic mass is 16.5. The fourth-order valence-corrected chi connectivity index (χ4v) is 2.10. The van der Waals surface area contributed by atoms with Crippen molar-refractivity contribution in [1.82, 2.24) is 19.8 Å². The zero-order valence-corrected chi connectivity index (χ0v) is 11.8. The van der Waals surface area contributed by atoms with Crippen molar-refractivity contribution in [2.75, 3.05) is 6.61 Å². The Bertz CT molecular complexity index is 796. The highest BCUT2D eigenvalue weighted by Gasteiger charge is 2.17. The Hall–Kier alpha value is -2.76. The molecule has 0 saturated heterocycles. The molecule has 3 rings (SSSR count). The lowest BCUT2D eigenvalue weighted by Gasteiger charge is -2.04. The fraction of sp³-hybridized carbons (Fsp3) is 0.200. The summed E-state index contributed by atoms with van der Waals surface area (Å²) in [5.74, 6) is -0.485. The smallest absolute Gasteiger partial charge is 0.360 e. The number of rotatable bonds is 3. The SMILES string of the molecule is CCOC(=O)c1nnc2cc(-c3ccccc3)nn2c1C. The molecular formula is C15H14N4O2. The zero-order valence-electron chi connectivity index (χ0n) is 11.8. The zero-order chi connectivity index (χ0) is 14.8. The average Bonchev–Trinajstić information content (AvgIpc) is 2.94. The molecule has 0 aliphatic rings. The molecule has 0 spiro atoms. The Balaban J connectivity index is 2.10. The number of fused-ring (bicyclic) bond motifs is 1. The summed E-state index contributed by atoms with van der Waals surface area (Å²) in [7, 11) is 0. The minimum Gasteiger partial charge on any atom is -0.461 e. The molecule has 0 aliphatic carbocycles. The molecule has 0 N–H and O–H groups in total. The highest BCUT2D eigenvalue weighted by Crippen LogP contribution is 2.19. The standard InChI is InChI=1S/C15H14N4O2/c1-3-21-15(20)14-10(2)19-13(16-17-14)9-12(18-19)11-7-5-4-6-8-11/h4-9H,3H2,1-2H3. The number of carbonyl (C=O) groups excluding carboxylic acids is 1. The van der Waals surface area contributed by atoms with Gasteiger partial charge in [-0.1, -0.05) is 30.3 Å². The average molecular weight is 282 g/mol. The van der Waals surface area contributed by atoms with Crippen molar-refractivity contribution in [2.24, 2.45) is 0 Å². The van der Waals surface area contributed by atoms with Gasteiger partial charge < -0.3 is 4.74 Å². The molecule has 106 valence electrons. The van der Waals surface area contributed by atoms with E-state index in [9.17, 15) is 4.79 Å². The number of hydrogen-bond donors (Lipinski definition) is 0. The van der Waals surface area contributed by atoms with Gasteiger partial charge >= 0.3 is 5.97 Å². The Kier molecular flexibility index (Phi) is 3.35. The second-order valence-electron chi connectivity index (χ2n) is 4.52. The van der Waals surface area contributed by atoms with Crippen LogP contribution in [0.2, 0.25) is 0 Å². The van der Waals surface area contributed by atoms with E-state index in [0.717, 1.165) is 11.3 Å². The number of ether oxygens (including phenoxy) is 1. The van der Waals surface area contributed by atoms with Crippen LogP contribution in [0.5, 0.6) is 0 Å². The summed E-state index contributed by atoms with van der Waals surface area (Å²) in [5.41, 5.74) is 3.17. The second-order valence-corrected chi connectivity index (χ2v) is 4.52. The summed E-state index contributed by atoms with van der Waals surface area (Å²) in [4.78, 5) is 11.8. The molecule has 1 aromatic carbocycles. The van der Waals surface area contributed by atoms with E-state index in [1.165, 1.54) is 0 Å². The molecule has 0 aliphatic heterocycles. The van der Waals surface area contributed by atoms with Crippen molar-refractivity contribution in [3.8, 4) is 11.3 Å². The van der Waals surface area contributed by atoms with Gasteiger partial charge in [0, 0.05) is 11.6 Å². The van der Waals surface area contributed by atoms with Crippen molar-refractivity contribution >= 4 is 11.6 Å². The molecule has 21 heavy (non-hydrogen) atoms. The minimum absolute atomic E-state index is 0.187. The maximum Gasteiger partial charge on any atom is 0.360 e. The van der Waals surface area contributed by atoms with Gasteiger partial charge in [-0.25, -0.2) is 9.31 Å². The third kappa shape index (κ3) is 2.35. The van der Waals surface area contributed by atoms with Crippen molar-refractivity contribution in [3.63, 3.8) is 0 Å². The van der Waals surface area contributed by atoms with Crippen LogP contribution in [-0.4, -0.2) is 32.4 Å². The largest absolute Gasteiger partial charge is 0.461 e. The number of aryl methyl sites for hydroxylation is 1. The molecule has 3 aromatic rings. The summed E-state index contributed by atoms with van der Waals surface area (Å²) in [6.07, 6.45) is 0. The van der Waals surface area contributed by atoms with Crippen molar-refractivity contribution in [1.29, 1.82) is 0 Å². The van der Waals surface area contributed by atoms with E-state index in [-0.39, 0.29) is 5.69 Å². The van der Waals surface area contributed by atoms with E-state index >= 15 is 0 Å². The van der Waals surface area contributed by atoms with Crippen LogP contribution in [-0.2, 0) is 4.74 Å². The van der Waals surface area contributed by atoms with E-state index in [4.69, 9.17) is 4.74 Å². The van der Waals surface area contributed by atoms with Gasteiger partial charge in [-0.2, -0.15) is 5.10 Å². The molecule has 0 unspecified atom stereocenters. The van der Waals surface area contributed by atoms with E-state index in [2.05, 4.69) is 15.3 Å². The number of benzene rings is 1. The number of aromatic nitrogens is 4. The van der Waals surface area contributed by atoms with E-state index in [1.807, 2.05) is 36.4 Å². The van der Waals surface area contributed by atoms with Crippen molar-refractivity contribution in [3.05, 3.63) is 47.8 Å². The Morgan fingerprint density at radius 1 is 1.24 bits per heavy atom.